The molecular formula is C11H21NO. The number of rotatable bonds is 3. The fourth-order valence-electron chi connectivity index (χ4n) is 2.89. The van der Waals surface area contributed by atoms with E-state index >= 15 is 0 Å². The van der Waals surface area contributed by atoms with Crippen molar-refractivity contribution >= 4 is 0 Å². The van der Waals surface area contributed by atoms with Gasteiger partial charge in [-0.05, 0) is 37.5 Å². The average Bonchev–Trinajstić information content (AvgIpc) is 2.46. The highest BCUT2D eigenvalue weighted by atomic mass is 16.3. The zero-order chi connectivity index (χ0) is 9.26. The van der Waals surface area contributed by atoms with Crippen molar-refractivity contribution in [1.82, 2.24) is 4.90 Å². The van der Waals surface area contributed by atoms with Crippen LogP contribution in [0.5, 0.6) is 0 Å². The van der Waals surface area contributed by atoms with Gasteiger partial charge in [-0.15, -0.1) is 0 Å². The van der Waals surface area contributed by atoms with Crippen LogP contribution < -0.4 is 0 Å². The van der Waals surface area contributed by atoms with E-state index < -0.39 is 0 Å². The van der Waals surface area contributed by atoms with Crippen LogP contribution in [0.4, 0.5) is 0 Å². The highest BCUT2D eigenvalue weighted by Crippen LogP contribution is 2.36. The Hall–Kier alpha value is -0.0800. The number of hydrogen-bond donors (Lipinski definition) is 1. The smallest absolute Gasteiger partial charge is 0.0664 e. The van der Waals surface area contributed by atoms with Crippen LogP contribution in [0, 0.1) is 11.8 Å². The number of piperidine rings is 1. The molecule has 0 radical (unpaired) electrons. The first-order valence-corrected chi connectivity index (χ1v) is 5.68. The third-order valence-corrected chi connectivity index (χ3v) is 3.62. The van der Waals surface area contributed by atoms with E-state index in [0.29, 0.717) is 0 Å². The van der Waals surface area contributed by atoms with Crippen molar-refractivity contribution in [3.05, 3.63) is 0 Å². The first-order valence-electron chi connectivity index (χ1n) is 5.68. The van der Waals surface area contributed by atoms with Crippen molar-refractivity contribution in [3.8, 4) is 0 Å². The summed E-state index contributed by atoms with van der Waals surface area (Å²) < 4.78 is 0. The van der Waals surface area contributed by atoms with E-state index in [1.54, 1.807) is 0 Å². The molecular weight excluding hydrogens is 162 g/mol. The van der Waals surface area contributed by atoms with E-state index in [0.717, 1.165) is 24.8 Å². The molecule has 2 rings (SSSR count). The highest BCUT2D eigenvalue weighted by Gasteiger charge is 2.32. The van der Waals surface area contributed by atoms with Gasteiger partial charge in [-0.25, -0.2) is 0 Å². The van der Waals surface area contributed by atoms with Crippen molar-refractivity contribution < 1.29 is 5.11 Å². The Bertz CT molecular complexity index is 159. The Labute approximate surface area is 80.9 Å². The van der Waals surface area contributed by atoms with Gasteiger partial charge in [-0.3, -0.25) is 0 Å². The van der Waals surface area contributed by atoms with Gasteiger partial charge in [0, 0.05) is 19.6 Å². The molecule has 76 valence electrons. The predicted octanol–water partition coefficient (Wildman–Crippen LogP) is 1.49. The molecule has 1 N–H and O–H groups in total. The van der Waals surface area contributed by atoms with Crippen LogP contribution in [0.2, 0.25) is 0 Å². The molecule has 0 amide bonds. The summed E-state index contributed by atoms with van der Waals surface area (Å²) in [6, 6.07) is 0. The van der Waals surface area contributed by atoms with Crippen LogP contribution in [-0.2, 0) is 0 Å². The fraction of sp³-hybridized carbons (Fsp3) is 1.00. The molecule has 2 nitrogen and oxygen atoms in total. The largest absolute Gasteiger partial charge is 0.392 e. The lowest BCUT2D eigenvalue weighted by molar-refractivity contribution is 0.0791. The van der Waals surface area contributed by atoms with Crippen LogP contribution in [0.25, 0.3) is 0 Å². The molecule has 3 atom stereocenters. The number of fused-ring (bicyclic) bond motifs is 2. The summed E-state index contributed by atoms with van der Waals surface area (Å²) in [4.78, 5) is 2.47. The third-order valence-electron chi connectivity index (χ3n) is 3.62. The van der Waals surface area contributed by atoms with Crippen LogP contribution >= 0.6 is 0 Å². The second-order valence-corrected chi connectivity index (χ2v) is 4.83. The number of nitrogens with zero attached hydrogens (tertiary/aromatic N) is 1. The fourth-order valence-corrected chi connectivity index (χ4v) is 2.89. The van der Waals surface area contributed by atoms with Gasteiger partial charge < -0.3 is 10.0 Å². The van der Waals surface area contributed by atoms with Crippen LogP contribution in [0.1, 0.15) is 32.6 Å². The first kappa shape index (κ1) is 9.47. The first-order chi connectivity index (χ1) is 6.28. The molecule has 2 fully saturated rings. The minimum atomic E-state index is -0.0995. The average molecular weight is 183 g/mol. The minimum Gasteiger partial charge on any atom is -0.392 e. The zero-order valence-corrected chi connectivity index (χ0v) is 8.58. The second kappa shape index (κ2) is 3.97. The molecule has 1 saturated carbocycles. The Balaban J connectivity index is 1.81. The van der Waals surface area contributed by atoms with Gasteiger partial charge in [-0.2, -0.15) is 0 Å². The maximum atomic E-state index is 9.56. The molecule has 1 saturated heterocycles. The molecule has 0 aromatic rings. The van der Waals surface area contributed by atoms with Gasteiger partial charge >= 0.3 is 0 Å². The number of likely N-dealkylation sites (tertiary alicyclic amines) is 1. The molecule has 13 heavy (non-hydrogen) atoms. The molecule has 2 unspecified atom stereocenters. The van der Waals surface area contributed by atoms with Gasteiger partial charge in [0.1, 0.15) is 0 Å². The van der Waals surface area contributed by atoms with E-state index in [2.05, 4.69) is 11.8 Å². The summed E-state index contributed by atoms with van der Waals surface area (Å²) in [5, 5.41) is 9.56. The van der Waals surface area contributed by atoms with Crippen LogP contribution in [0.3, 0.4) is 0 Å². The van der Waals surface area contributed by atoms with Gasteiger partial charge in [-0.1, -0.05) is 6.92 Å². The third kappa shape index (κ3) is 2.23. The Kier molecular flexibility index (Phi) is 2.89. The second-order valence-electron chi connectivity index (χ2n) is 4.83. The molecule has 0 aromatic heterocycles. The molecule has 1 aliphatic heterocycles. The summed E-state index contributed by atoms with van der Waals surface area (Å²) in [6.07, 6.45) is 5.12. The molecule has 2 heteroatoms. The summed E-state index contributed by atoms with van der Waals surface area (Å²) in [5.74, 6) is 1.89. The summed E-state index contributed by atoms with van der Waals surface area (Å²) in [5.41, 5.74) is 0. The minimum absolute atomic E-state index is 0.0995. The van der Waals surface area contributed by atoms with Crippen molar-refractivity contribution in [2.24, 2.45) is 11.8 Å². The lowest BCUT2D eigenvalue weighted by Crippen LogP contribution is -2.40. The van der Waals surface area contributed by atoms with Crippen LogP contribution in [-0.4, -0.2) is 35.7 Å². The van der Waals surface area contributed by atoms with Crippen molar-refractivity contribution in [1.29, 1.82) is 0 Å². The highest BCUT2D eigenvalue weighted by molar-refractivity contribution is 4.86. The van der Waals surface area contributed by atoms with E-state index in [1.165, 1.54) is 32.4 Å². The Morgan fingerprint density at radius 3 is 2.46 bits per heavy atom. The summed E-state index contributed by atoms with van der Waals surface area (Å²) in [6.45, 7) is 5.45. The molecule has 0 spiro atoms. The molecule has 2 bridgehead atoms. The molecule has 1 heterocycles. The van der Waals surface area contributed by atoms with E-state index in [9.17, 15) is 5.11 Å². The van der Waals surface area contributed by atoms with Crippen molar-refractivity contribution in [3.63, 3.8) is 0 Å². The number of hydrogen-bond acceptors (Lipinski definition) is 2. The zero-order valence-electron chi connectivity index (χ0n) is 8.58. The maximum Gasteiger partial charge on any atom is 0.0664 e. The summed E-state index contributed by atoms with van der Waals surface area (Å²) >= 11 is 0. The number of aliphatic hydroxyl groups excluding tert-OH is 1. The van der Waals surface area contributed by atoms with Gasteiger partial charge in [0.25, 0.3) is 0 Å². The van der Waals surface area contributed by atoms with E-state index in [-0.39, 0.29) is 6.10 Å². The topological polar surface area (TPSA) is 23.5 Å². The normalized spacial score (nSPS) is 36.5. The van der Waals surface area contributed by atoms with Gasteiger partial charge in [0.2, 0.25) is 0 Å². The quantitative estimate of drug-likeness (QED) is 0.716. The number of β-amino-alcohol motifs (C(OH)–C–C–N with tert-alkyl or cyclic N) is 1. The van der Waals surface area contributed by atoms with Crippen LogP contribution in [0.15, 0.2) is 0 Å². The number of aliphatic hydroxyl groups is 1. The molecule has 0 aromatic carbocycles. The van der Waals surface area contributed by atoms with Crippen molar-refractivity contribution in [2.45, 2.75) is 38.7 Å². The standard InChI is InChI=1S/C11H21NO/c1-2-11(13)8-12-6-9-3-4-10(5-9)7-12/h9-11,13H,2-8H2,1H3/t9?,10?,11-/m0/s1. The SMILES string of the molecule is CC[C@H](O)CN1CC2CCC(C2)C1. The lowest BCUT2D eigenvalue weighted by atomic mass is 9.98. The maximum absolute atomic E-state index is 9.56. The van der Waals surface area contributed by atoms with E-state index in [1.807, 2.05) is 0 Å². The molecule has 2 aliphatic rings. The summed E-state index contributed by atoms with van der Waals surface area (Å²) in [7, 11) is 0. The predicted molar refractivity (Wildman–Crippen MR) is 53.6 cm³/mol. The molecule has 1 aliphatic carbocycles. The Morgan fingerprint density at radius 2 is 1.92 bits per heavy atom. The monoisotopic (exact) mass is 183 g/mol. The van der Waals surface area contributed by atoms with Crippen molar-refractivity contribution in [2.75, 3.05) is 19.6 Å². The van der Waals surface area contributed by atoms with E-state index in [4.69, 9.17) is 0 Å². The Morgan fingerprint density at radius 1 is 1.31 bits per heavy atom. The lowest BCUT2D eigenvalue weighted by Gasteiger charge is -2.32. The van der Waals surface area contributed by atoms with Gasteiger partial charge in [0.15, 0.2) is 0 Å². The van der Waals surface area contributed by atoms with Gasteiger partial charge in [0.05, 0.1) is 6.10 Å².